The van der Waals surface area contributed by atoms with Gasteiger partial charge in [-0.05, 0) is 51.8 Å². The molecular formula is C27H39N9O2. The zero-order valence-corrected chi connectivity index (χ0v) is 23.1. The van der Waals surface area contributed by atoms with Crippen molar-refractivity contribution >= 4 is 34.5 Å². The van der Waals surface area contributed by atoms with Crippen LogP contribution in [0.3, 0.4) is 0 Å². The predicted molar refractivity (Wildman–Crippen MR) is 148 cm³/mol. The van der Waals surface area contributed by atoms with Gasteiger partial charge >= 0.3 is 0 Å². The van der Waals surface area contributed by atoms with Gasteiger partial charge in [-0.3, -0.25) is 9.69 Å². The van der Waals surface area contributed by atoms with Crippen LogP contribution < -0.4 is 10.2 Å². The van der Waals surface area contributed by atoms with Gasteiger partial charge in [0, 0.05) is 57.9 Å². The number of piperazine rings is 1. The Hall–Kier alpha value is -3.31. The Morgan fingerprint density at radius 1 is 1.11 bits per heavy atom. The van der Waals surface area contributed by atoms with E-state index in [1.807, 2.05) is 18.2 Å². The molecule has 1 saturated carbocycles. The third-order valence-corrected chi connectivity index (χ3v) is 7.16. The third-order valence-electron chi connectivity index (χ3n) is 7.16. The standard InChI is InChI=1S/C27H39N9O2/c1-27(2,3)38-18-34-12-14-35(15-13-34)23-11-10-22(31-32-23)29-26-28-17-19-16-21(25(37)33(4)5)36(24(19)30-26)20-8-6-7-9-20/h10-11,16-17,20H,6-9,12-15,18H2,1-5H3,(H,28,29,30,31). The number of hydrogen-bond acceptors (Lipinski definition) is 9. The topological polar surface area (TPSA) is 105 Å². The fourth-order valence-corrected chi connectivity index (χ4v) is 5.06. The second-order valence-corrected chi connectivity index (χ2v) is 11.4. The molecule has 5 rings (SSSR count). The molecule has 0 radical (unpaired) electrons. The molecule has 1 N–H and O–H groups in total. The van der Waals surface area contributed by atoms with Gasteiger partial charge in [0.25, 0.3) is 5.91 Å². The molecule has 38 heavy (non-hydrogen) atoms. The van der Waals surface area contributed by atoms with Crippen LogP contribution in [0.15, 0.2) is 24.4 Å². The highest BCUT2D eigenvalue weighted by Crippen LogP contribution is 2.35. The molecule has 0 unspecified atom stereocenters. The van der Waals surface area contributed by atoms with Crippen molar-refractivity contribution < 1.29 is 9.53 Å². The number of nitrogens with one attached hydrogen (secondary N) is 1. The van der Waals surface area contributed by atoms with Gasteiger partial charge in [0.1, 0.15) is 11.3 Å². The normalized spacial score (nSPS) is 17.3. The van der Waals surface area contributed by atoms with Gasteiger partial charge in [0.2, 0.25) is 5.95 Å². The summed E-state index contributed by atoms with van der Waals surface area (Å²) < 4.78 is 8.02. The van der Waals surface area contributed by atoms with Crippen molar-refractivity contribution in [1.82, 2.24) is 34.5 Å². The van der Waals surface area contributed by atoms with Crippen molar-refractivity contribution in [3.05, 3.63) is 30.1 Å². The molecule has 3 aromatic heterocycles. The molecule has 4 heterocycles. The van der Waals surface area contributed by atoms with Crippen LogP contribution in [-0.4, -0.2) is 93.0 Å². The largest absolute Gasteiger partial charge is 0.360 e. The maximum absolute atomic E-state index is 12.9. The summed E-state index contributed by atoms with van der Waals surface area (Å²) in [6.45, 7) is 10.5. The number of fused-ring (bicyclic) bond motifs is 1. The molecule has 1 saturated heterocycles. The van der Waals surface area contributed by atoms with Gasteiger partial charge in [-0.25, -0.2) is 4.98 Å². The van der Waals surface area contributed by atoms with Gasteiger partial charge < -0.3 is 24.4 Å². The molecule has 0 atom stereocenters. The van der Waals surface area contributed by atoms with Crippen molar-refractivity contribution in [2.24, 2.45) is 0 Å². The second-order valence-electron chi connectivity index (χ2n) is 11.4. The Balaban J connectivity index is 1.28. The van der Waals surface area contributed by atoms with Crippen LogP contribution in [0.2, 0.25) is 0 Å². The molecule has 0 aromatic carbocycles. The molecule has 11 nitrogen and oxygen atoms in total. The van der Waals surface area contributed by atoms with Crippen molar-refractivity contribution in [1.29, 1.82) is 0 Å². The molecule has 1 aliphatic carbocycles. The average molecular weight is 522 g/mol. The van der Waals surface area contributed by atoms with Gasteiger partial charge in [-0.1, -0.05) is 12.8 Å². The fraction of sp³-hybridized carbons (Fsp3) is 0.593. The number of carbonyl (C=O) groups excluding carboxylic acids is 1. The zero-order chi connectivity index (χ0) is 26.9. The summed E-state index contributed by atoms with van der Waals surface area (Å²) in [6.07, 6.45) is 6.20. The lowest BCUT2D eigenvalue weighted by atomic mass is 10.2. The van der Waals surface area contributed by atoms with Crippen molar-refractivity contribution in [2.75, 3.05) is 57.2 Å². The van der Waals surface area contributed by atoms with Gasteiger partial charge in [-0.2, -0.15) is 4.98 Å². The quantitative estimate of drug-likeness (QED) is 0.498. The van der Waals surface area contributed by atoms with E-state index < -0.39 is 0 Å². The lowest BCUT2D eigenvalue weighted by molar-refractivity contribution is -0.0645. The number of nitrogens with zero attached hydrogens (tertiary/aromatic N) is 8. The first-order valence-electron chi connectivity index (χ1n) is 13.5. The third kappa shape index (κ3) is 5.88. The van der Waals surface area contributed by atoms with E-state index in [0.717, 1.165) is 68.7 Å². The minimum Gasteiger partial charge on any atom is -0.360 e. The fourth-order valence-electron chi connectivity index (χ4n) is 5.06. The Bertz CT molecular complexity index is 1250. The highest BCUT2D eigenvalue weighted by Gasteiger charge is 2.26. The monoisotopic (exact) mass is 521 g/mol. The highest BCUT2D eigenvalue weighted by atomic mass is 16.5. The van der Waals surface area contributed by atoms with E-state index in [9.17, 15) is 4.79 Å². The molecule has 1 aliphatic heterocycles. The number of ether oxygens (including phenoxy) is 1. The first-order valence-corrected chi connectivity index (χ1v) is 13.5. The van der Waals surface area contributed by atoms with Gasteiger partial charge in [0.15, 0.2) is 11.6 Å². The van der Waals surface area contributed by atoms with Crippen LogP contribution in [0.5, 0.6) is 0 Å². The second kappa shape index (κ2) is 10.8. The summed E-state index contributed by atoms with van der Waals surface area (Å²) in [7, 11) is 3.56. The van der Waals surface area contributed by atoms with Crippen LogP contribution in [0, 0.1) is 0 Å². The molecule has 3 aromatic rings. The van der Waals surface area contributed by atoms with Gasteiger partial charge in [0.05, 0.1) is 12.3 Å². The summed E-state index contributed by atoms with van der Waals surface area (Å²) in [5, 5.41) is 12.9. The van der Waals surface area contributed by atoms with E-state index in [1.54, 1.807) is 25.2 Å². The number of rotatable bonds is 7. The van der Waals surface area contributed by atoms with Crippen molar-refractivity contribution in [3.63, 3.8) is 0 Å². The smallest absolute Gasteiger partial charge is 0.270 e. The molecule has 204 valence electrons. The predicted octanol–water partition coefficient (Wildman–Crippen LogP) is 3.68. The minimum atomic E-state index is -0.134. The van der Waals surface area contributed by atoms with E-state index >= 15 is 0 Å². The van der Waals surface area contributed by atoms with E-state index in [-0.39, 0.29) is 17.6 Å². The Kier molecular flexibility index (Phi) is 7.49. The first-order chi connectivity index (χ1) is 18.2. The molecular weight excluding hydrogens is 482 g/mol. The maximum atomic E-state index is 12.9. The lowest BCUT2D eigenvalue weighted by Crippen LogP contribution is -2.48. The minimum absolute atomic E-state index is 0.0200. The Morgan fingerprint density at radius 2 is 1.84 bits per heavy atom. The summed E-state index contributed by atoms with van der Waals surface area (Å²) >= 11 is 0. The van der Waals surface area contributed by atoms with Crippen molar-refractivity contribution in [2.45, 2.75) is 58.1 Å². The summed E-state index contributed by atoms with van der Waals surface area (Å²) in [4.78, 5) is 28.4. The number of hydrogen-bond donors (Lipinski definition) is 1. The first kappa shape index (κ1) is 26.3. The summed E-state index contributed by atoms with van der Waals surface area (Å²) in [5.74, 6) is 1.85. The van der Waals surface area contributed by atoms with Crippen LogP contribution in [0.1, 0.15) is 63.0 Å². The lowest BCUT2D eigenvalue weighted by Gasteiger charge is -2.36. The molecule has 2 aliphatic rings. The molecule has 2 fully saturated rings. The van der Waals surface area contributed by atoms with E-state index in [0.29, 0.717) is 24.2 Å². The van der Waals surface area contributed by atoms with Crippen LogP contribution in [0.4, 0.5) is 17.6 Å². The summed E-state index contributed by atoms with van der Waals surface area (Å²) in [6, 6.07) is 6.06. The van der Waals surface area contributed by atoms with Crippen LogP contribution in [-0.2, 0) is 4.74 Å². The molecule has 1 amide bonds. The number of aromatic nitrogens is 5. The molecule has 0 bridgehead atoms. The van der Waals surface area contributed by atoms with Gasteiger partial charge in [-0.15, -0.1) is 10.2 Å². The van der Waals surface area contributed by atoms with Crippen LogP contribution in [0.25, 0.3) is 11.0 Å². The van der Waals surface area contributed by atoms with E-state index in [2.05, 4.69) is 55.6 Å². The SMILES string of the molecule is CN(C)C(=O)c1cc2cnc(Nc3ccc(N4CCN(COC(C)(C)C)CC4)nn3)nc2n1C1CCCC1. The zero-order valence-electron chi connectivity index (χ0n) is 23.1. The van der Waals surface area contributed by atoms with E-state index in [4.69, 9.17) is 9.72 Å². The molecule has 11 heteroatoms. The van der Waals surface area contributed by atoms with Crippen LogP contribution >= 0.6 is 0 Å². The van der Waals surface area contributed by atoms with Crippen molar-refractivity contribution in [3.8, 4) is 0 Å². The number of anilines is 3. The summed E-state index contributed by atoms with van der Waals surface area (Å²) in [5.41, 5.74) is 1.31. The number of amides is 1. The highest BCUT2D eigenvalue weighted by molar-refractivity contribution is 5.97. The maximum Gasteiger partial charge on any atom is 0.270 e. The molecule has 0 spiro atoms. The Morgan fingerprint density at radius 3 is 2.47 bits per heavy atom. The van der Waals surface area contributed by atoms with E-state index in [1.165, 1.54) is 0 Å². The number of carbonyl (C=O) groups is 1. The average Bonchev–Trinajstić information content (AvgIpc) is 3.55. The Labute approximate surface area is 224 Å².